The summed E-state index contributed by atoms with van der Waals surface area (Å²) in [5.74, 6) is -1.32. The van der Waals surface area contributed by atoms with Gasteiger partial charge in [-0.1, -0.05) is 36.4 Å². The minimum Gasteiger partial charge on any atom is -0.503 e. The molecular formula is C18H16N2O3. The zero-order valence-electron chi connectivity index (χ0n) is 12.6. The SMILES string of the molecule is CC(=O)C1=C(O)C(=O)N(Cc2ccccc2)[C@@H]1c1cccnc1. The number of pyridine rings is 1. The predicted molar refractivity (Wildman–Crippen MR) is 84.3 cm³/mol. The molecule has 116 valence electrons. The number of Topliss-reactive ketones (excluding diaryl/α,β-unsaturated/α-hetero) is 1. The van der Waals surface area contributed by atoms with Crippen LogP contribution in [-0.2, 0) is 16.1 Å². The van der Waals surface area contributed by atoms with Crippen LogP contribution in [0.3, 0.4) is 0 Å². The highest BCUT2D eigenvalue weighted by Crippen LogP contribution is 2.38. The lowest BCUT2D eigenvalue weighted by Gasteiger charge is -2.26. The fourth-order valence-corrected chi connectivity index (χ4v) is 2.84. The first-order valence-electron chi connectivity index (χ1n) is 7.28. The molecule has 2 heterocycles. The molecule has 0 saturated carbocycles. The third-order valence-corrected chi connectivity index (χ3v) is 3.88. The summed E-state index contributed by atoms with van der Waals surface area (Å²) in [6.07, 6.45) is 3.23. The van der Waals surface area contributed by atoms with Crippen molar-refractivity contribution < 1.29 is 14.7 Å². The summed E-state index contributed by atoms with van der Waals surface area (Å²) in [5.41, 5.74) is 1.75. The van der Waals surface area contributed by atoms with Crippen LogP contribution < -0.4 is 0 Å². The van der Waals surface area contributed by atoms with Crippen molar-refractivity contribution in [2.75, 3.05) is 0 Å². The molecule has 1 amide bonds. The van der Waals surface area contributed by atoms with E-state index in [1.54, 1.807) is 24.5 Å². The fraction of sp³-hybridized carbons (Fsp3) is 0.167. The molecule has 0 fully saturated rings. The quantitative estimate of drug-likeness (QED) is 0.942. The Morgan fingerprint density at radius 3 is 2.57 bits per heavy atom. The van der Waals surface area contributed by atoms with Crippen molar-refractivity contribution in [2.45, 2.75) is 19.5 Å². The van der Waals surface area contributed by atoms with Crippen molar-refractivity contribution in [3.63, 3.8) is 0 Å². The Labute approximate surface area is 133 Å². The van der Waals surface area contributed by atoms with Gasteiger partial charge in [0.25, 0.3) is 5.91 Å². The van der Waals surface area contributed by atoms with E-state index in [0.29, 0.717) is 12.1 Å². The van der Waals surface area contributed by atoms with Gasteiger partial charge in [-0.3, -0.25) is 14.6 Å². The van der Waals surface area contributed by atoms with E-state index in [9.17, 15) is 14.7 Å². The smallest absolute Gasteiger partial charge is 0.290 e. The molecule has 0 radical (unpaired) electrons. The van der Waals surface area contributed by atoms with Crippen molar-refractivity contribution in [3.05, 3.63) is 77.3 Å². The molecule has 1 aromatic heterocycles. The first kappa shape index (κ1) is 15.0. The van der Waals surface area contributed by atoms with Crippen LogP contribution in [0.5, 0.6) is 0 Å². The summed E-state index contributed by atoms with van der Waals surface area (Å²) in [5, 5.41) is 10.2. The lowest BCUT2D eigenvalue weighted by atomic mass is 9.98. The number of nitrogens with zero attached hydrogens (tertiary/aromatic N) is 2. The summed E-state index contributed by atoms with van der Waals surface area (Å²) in [7, 11) is 0. The van der Waals surface area contributed by atoms with Gasteiger partial charge >= 0.3 is 0 Å². The number of carbonyl (C=O) groups excluding carboxylic acids is 2. The average Bonchev–Trinajstić information content (AvgIpc) is 2.82. The summed E-state index contributed by atoms with van der Waals surface area (Å²) in [6, 6.07) is 12.4. The number of benzene rings is 1. The Hall–Kier alpha value is -2.95. The van der Waals surface area contributed by atoms with E-state index in [2.05, 4.69) is 4.98 Å². The first-order chi connectivity index (χ1) is 11.1. The van der Waals surface area contributed by atoms with Crippen molar-refractivity contribution in [2.24, 2.45) is 0 Å². The molecule has 3 rings (SSSR count). The summed E-state index contributed by atoms with van der Waals surface area (Å²) >= 11 is 0. The number of carbonyl (C=O) groups is 2. The molecule has 0 saturated heterocycles. The Balaban J connectivity index is 2.04. The van der Waals surface area contributed by atoms with E-state index in [-0.39, 0.29) is 11.4 Å². The summed E-state index contributed by atoms with van der Waals surface area (Å²) in [6.45, 7) is 1.66. The monoisotopic (exact) mass is 308 g/mol. The van der Waals surface area contributed by atoms with Crippen LogP contribution in [0, 0.1) is 0 Å². The van der Waals surface area contributed by atoms with Gasteiger partial charge in [-0.05, 0) is 24.1 Å². The Morgan fingerprint density at radius 2 is 1.96 bits per heavy atom. The number of aliphatic hydroxyl groups is 1. The van der Waals surface area contributed by atoms with Crippen molar-refractivity contribution in [1.82, 2.24) is 9.88 Å². The largest absolute Gasteiger partial charge is 0.503 e. The second-order valence-electron chi connectivity index (χ2n) is 5.43. The number of hydrogen-bond donors (Lipinski definition) is 1. The molecule has 5 nitrogen and oxygen atoms in total. The Bertz CT molecular complexity index is 769. The predicted octanol–water partition coefficient (Wildman–Crippen LogP) is 2.57. The lowest BCUT2D eigenvalue weighted by Crippen LogP contribution is -2.30. The molecule has 5 heteroatoms. The zero-order chi connectivity index (χ0) is 16.4. The van der Waals surface area contributed by atoms with Crippen LogP contribution >= 0.6 is 0 Å². The molecule has 23 heavy (non-hydrogen) atoms. The minimum atomic E-state index is -0.617. The second-order valence-corrected chi connectivity index (χ2v) is 5.43. The average molecular weight is 308 g/mol. The highest BCUT2D eigenvalue weighted by molar-refractivity contribution is 6.08. The molecule has 0 spiro atoms. The molecule has 1 aliphatic rings. The summed E-state index contributed by atoms with van der Waals surface area (Å²) < 4.78 is 0. The van der Waals surface area contributed by atoms with Gasteiger partial charge < -0.3 is 10.0 Å². The molecule has 1 aliphatic heterocycles. The van der Waals surface area contributed by atoms with Crippen LogP contribution in [0.1, 0.15) is 24.1 Å². The van der Waals surface area contributed by atoms with Crippen molar-refractivity contribution in [1.29, 1.82) is 0 Å². The molecule has 0 bridgehead atoms. The Kier molecular flexibility index (Phi) is 3.93. The van der Waals surface area contributed by atoms with Crippen LogP contribution in [0.25, 0.3) is 0 Å². The van der Waals surface area contributed by atoms with Gasteiger partial charge in [0.2, 0.25) is 0 Å². The Morgan fingerprint density at radius 1 is 1.22 bits per heavy atom. The van der Waals surface area contributed by atoms with Crippen molar-refractivity contribution >= 4 is 11.7 Å². The number of hydrogen-bond acceptors (Lipinski definition) is 4. The molecule has 1 aromatic carbocycles. The zero-order valence-corrected chi connectivity index (χ0v) is 12.6. The van der Waals surface area contributed by atoms with Gasteiger partial charge in [0.15, 0.2) is 11.5 Å². The third kappa shape index (κ3) is 2.73. The number of ketones is 1. The van der Waals surface area contributed by atoms with E-state index < -0.39 is 17.7 Å². The fourth-order valence-electron chi connectivity index (χ4n) is 2.84. The standard InChI is InChI=1S/C18H16N2O3/c1-12(21)15-16(14-8-5-9-19-10-14)20(18(23)17(15)22)11-13-6-3-2-4-7-13/h2-10,16,22H,11H2,1H3/t16-/m1/s1. The molecule has 1 atom stereocenters. The van der Waals surface area contributed by atoms with Crippen LogP contribution in [0.2, 0.25) is 0 Å². The van der Waals surface area contributed by atoms with E-state index in [1.165, 1.54) is 11.8 Å². The highest BCUT2D eigenvalue weighted by Gasteiger charge is 2.42. The van der Waals surface area contributed by atoms with Gasteiger partial charge in [0, 0.05) is 18.9 Å². The van der Waals surface area contributed by atoms with E-state index in [1.807, 2.05) is 30.3 Å². The van der Waals surface area contributed by atoms with E-state index in [4.69, 9.17) is 0 Å². The van der Waals surface area contributed by atoms with Gasteiger partial charge in [0.05, 0.1) is 11.6 Å². The molecular weight excluding hydrogens is 292 g/mol. The molecule has 0 aliphatic carbocycles. The molecule has 1 N–H and O–H groups in total. The van der Waals surface area contributed by atoms with Gasteiger partial charge in [0.1, 0.15) is 0 Å². The maximum atomic E-state index is 12.5. The third-order valence-electron chi connectivity index (χ3n) is 3.88. The second kappa shape index (κ2) is 6.04. The molecule has 2 aromatic rings. The topological polar surface area (TPSA) is 70.5 Å². The normalized spacial score (nSPS) is 17.7. The van der Waals surface area contributed by atoms with Gasteiger partial charge in [-0.25, -0.2) is 0 Å². The highest BCUT2D eigenvalue weighted by atomic mass is 16.3. The van der Waals surface area contributed by atoms with Gasteiger partial charge in [-0.15, -0.1) is 0 Å². The minimum absolute atomic E-state index is 0.124. The number of amides is 1. The lowest BCUT2D eigenvalue weighted by molar-refractivity contribution is -0.130. The number of aliphatic hydroxyl groups excluding tert-OH is 1. The van der Waals surface area contributed by atoms with E-state index in [0.717, 1.165) is 5.56 Å². The van der Waals surface area contributed by atoms with Crippen LogP contribution in [-0.4, -0.2) is 26.7 Å². The molecule has 0 unspecified atom stereocenters. The maximum Gasteiger partial charge on any atom is 0.290 e. The summed E-state index contributed by atoms with van der Waals surface area (Å²) in [4.78, 5) is 30.0. The maximum absolute atomic E-state index is 12.5. The van der Waals surface area contributed by atoms with Crippen LogP contribution in [0.4, 0.5) is 0 Å². The van der Waals surface area contributed by atoms with Gasteiger partial charge in [-0.2, -0.15) is 0 Å². The first-order valence-corrected chi connectivity index (χ1v) is 7.28. The van der Waals surface area contributed by atoms with E-state index >= 15 is 0 Å². The van der Waals surface area contributed by atoms with Crippen LogP contribution in [0.15, 0.2) is 66.2 Å². The number of rotatable bonds is 4. The number of aromatic nitrogens is 1. The van der Waals surface area contributed by atoms with Crippen molar-refractivity contribution in [3.8, 4) is 0 Å².